The molecule has 6 nitrogen and oxygen atoms in total. The molecule has 0 aliphatic heterocycles. The lowest BCUT2D eigenvalue weighted by Crippen LogP contribution is -1.98. The lowest BCUT2D eigenvalue weighted by Gasteiger charge is -1.98. The summed E-state index contributed by atoms with van der Waals surface area (Å²) in [5.74, 6) is 1.43. The van der Waals surface area contributed by atoms with Crippen LogP contribution in [0.1, 0.15) is 17.2 Å². The fraction of sp³-hybridized carbons (Fsp3) is 0.154. The molecule has 0 atom stereocenters. The van der Waals surface area contributed by atoms with Gasteiger partial charge in [-0.1, -0.05) is 18.2 Å². The van der Waals surface area contributed by atoms with E-state index in [4.69, 9.17) is 5.73 Å². The van der Waals surface area contributed by atoms with Crippen LogP contribution in [0.3, 0.4) is 0 Å². The van der Waals surface area contributed by atoms with E-state index in [2.05, 4.69) is 20.3 Å². The molecule has 3 N–H and O–H groups in total. The highest BCUT2D eigenvalue weighted by atomic mass is 15.3. The molecule has 3 aromatic rings. The zero-order chi connectivity index (χ0) is 13.1. The Balaban J connectivity index is 1.78. The van der Waals surface area contributed by atoms with Crippen molar-refractivity contribution in [3.05, 3.63) is 59.9 Å². The van der Waals surface area contributed by atoms with Gasteiger partial charge in [0.15, 0.2) is 5.82 Å². The third-order valence-corrected chi connectivity index (χ3v) is 2.79. The largest absolute Gasteiger partial charge is 0.324 e. The van der Waals surface area contributed by atoms with E-state index in [1.54, 1.807) is 0 Å². The minimum Gasteiger partial charge on any atom is -0.324 e. The Bertz CT molecular complexity index is 655. The molecule has 0 radical (unpaired) electrons. The first-order valence-corrected chi connectivity index (χ1v) is 6.04. The predicted molar refractivity (Wildman–Crippen MR) is 70.6 cm³/mol. The predicted octanol–water partition coefficient (Wildman–Crippen LogP) is 1.04. The maximum absolute atomic E-state index is 5.48. The third-order valence-electron chi connectivity index (χ3n) is 2.79. The summed E-state index contributed by atoms with van der Waals surface area (Å²) in [4.78, 5) is 4.28. The van der Waals surface area contributed by atoms with E-state index in [1.807, 2.05) is 47.4 Å². The molecule has 0 aliphatic carbocycles. The Morgan fingerprint density at radius 1 is 1.21 bits per heavy atom. The Hall–Kier alpha value is -2.47. The van der Waals surface area contributed by atoms with Crippen LogP contribution in [0.2, 0.25) is 0 Å². The summed E-state index contributed by atoms with van der Waals surface area (Å²) in [6, 6.07) is 9.98. The normalized spacial score (nSPS) is 10.8. The van der Waals surface area contributed by atoms with E-state index in [1.165, 1.54) is 0 Å². The van der Waals surface area contributed by atoms with Crippen molar-refractivity contribution in [2.45, 2.75) is 13.0 Å². The quantitative estimate of drug-likeness (QED) is 0.728. The van der Waals surface area contributed by atoms with Crippen LogP contribution >= 0.6 is 0 Å². The Morgan fingerprint density at radius 3 is 2.79 bits per heavy atom. The number of rotatable bonds is 4. The van der Waals surface area contributed by atoms with E-state index >= 15 is 0 Å². The van der Waals surface area contributed by atoms with Crippen molar-refractivity contribution < 1.29 is 0 Å². The SMILES string of the molecule is NCc1n[nH]c(Cc2cnn(-c3ccccc3)c2)n1. The number of aromatic nitrogens is 5. The van der Waals surface area contributed by atoms with Gasteiger partial charge in [-0.3, -0.25) is 5.10 Å². The van der Waals surface area contributed by atoms with E-state index < -0.39 is 0 Å². The minimum absolute atomic E-state index is 0.347. The summed E-state index contributed by atoms with van der Waals surface area (Å²) in [6.45, 7) is 0.347. The van der Waals surface area contributed by atoms with Gasteiger partial charge in [0, 0.05) is 12.6 Å². The highest BCUT2D eigenvalue weighted by molar-refractivity contribution is 5.31. The molecule has 6 heteroatoms. The monoisotopic (exact) mass is 254 g/mol. The number of nitrogens with zero attached hydrogens (tertiary/aromatic N) is 4. The van der Waals surface area contributed by atoms with Crippen LogP contribution in [-0.2, 0) is 13.0 Å². The second-order valence-electron chi connectivity index (χ2n) is 4.21. The number of para-hydroxylation sites is 1. The number of benzene rings is 1. The maximum Gasteiger partial charge on any atom is 0.164 e. The van der Waals surface area contributed by atoms with Gasteiger partial charge in [-0.05, 0) is 17.7 Å². The van der Waals surface area contributed by atoms with E-state index in [0.29, 0.717) is 18.8 Å². The Morgan fingerprint density at radius 2 is 2.05 bits per heavy atom. The molecule has 0 aliphatic rings. The van der Waals surface area contributed by atoms with Crippen molar-refractivity contribution in [3.8, 4) is 5.69 Å². The highest BCUT2D eigenvalue weighted by Gasteiger charge is 2.05. The fourth-order valence-electron chi connectivity index (χ4n) is 1.87. The number of hydrogen-bond donors (Lipinski definition) is 2. The molecule has 3 rings (SSSR count). The number of aromatic amines is 1. The molecule has 0 bridgehead atoms. The molecule has 96 valence electrons. The topological polar surface area (TPSA) is 85.4 Å². The standard InChI is InChI=1S/C13H14N6/c14-7-13-16-12(17-18-13)6-10-8-15-19(9-10)11-4-2-1-3-5-11/h1-5,8-9H,6-7,14H2,(H,16,17,18). The smallest absolute Gasteiger partial charge is 0.164 e. The zero-order valence-electron chi connectivity index (χ0n) is 10.3. The van der Waals surface area contributed by atoms with Gasteiger partial charge in [-0.25, -0.2) is 9.67 Å². The van der Waals surface area contributed by atoms with Crippen LogP contribution in [0.15, 0.2) is 42.7 Å². The summed E-state index contributed by atoms with van der Waals surface area (Å²) < 4.78 is 1.84. The van der Waals surface area contributed by atoms with Gasteiger partial charge >= 0.3 is 0 Å². The van der Waals surface area contributed by atoms with Gasteiger partial charge in [0.2, 0.25) is 0 Å². The number of nitrogens with one attached hydrogen (secondary N) is 1. The maximum atomic E-state index is 5.48. The first-order chi connectivity index (χ1) is 9.35. The molecule has 1 aromatic carbocycles. The van der Waals surface area contributed by atoms with Gasteiger partial charge < -0.3 is 5.73 Å². The first kappa shape index (κ1) is 11.6. The van der Waals surface area contributed by atoms with E-state index in [-0.39, 0.29) is 0 Å². The summed E-state index contributed by atoms with van der Waals surface area (Å²) in [6.07, 6.45) is 4.48. The molecule has 0 fully saturated rings. The minimum atomic E-state index is 0.347. The van der Waals surface area contributed by atoms with Crippen LogP contribution < -0.4 is 5.73 Å². The van der Waals surface area contributed by atoms with Crippen molar-refractivity contribution >= 4 is 0 Å². The van der Waals surface area contributed by atoms with Crippen molar-refractivity contribution in [2.24, 2.45) is 5.73 Å². The molecule has 0 saturated heterocycles. The van der Waals surface area contributed by atoms with Crippen LogP contribution in [0.5, 0.6) is 0 Å². The second kappa shape index (κ2) is 5.03. The van der Waals surface area contributed by atoms with Gasteiger partial charge in [-0.2, -0.15) is 10.2 Å². The van der Waals surface area contributed by atoms with Crippen LogP contribution in [0, 0.1) is 0 Å². The summed E-state index contributed by atoms with van der Waals surface area (Å²) in [7, 11) is 0. The number of nitrogens with two attached hydrogens (primary N) is 1. The molecular weight excluding hydrogens is 240 g/mol. The molecule has 0 amide bonds. The first-order valence-electron chi connectivity index (χ1n) is 6.04. The summed E-state index contributed by atoms with van der Waals surface area (Å²) in [5.41, 5.74) is 7.58. The summed E-state index contributed by atoms with van der Waals surface area (Å²) >= 11 is 0. The molecule has 2 aromatic heterocycles. The Kier molecular flexibility index (Phi) is 3.07. The average molecular weight is 254 g/mol. The van der Waals surface area contributed by atoms with Crippen molar-refractivity contribution in [1.29, 1.82) is 0 Å². The lowest BCUT2D eigenvalue weighted by molar-refractivity contribution is 0.879. The van der Waals surface area contributed by atoms with Gasteiger partial charge in [0.1, 0.15) is 5.82 Å². The molecule has 0 spiro atoms. The molecule has 0 unspecified atom stereocenters. The summed E-state index contributed by atoms with van der Waals surface area (Å²) in [5, 5.41) is 11.2. The van der Waals surface area contributed by atoms with E-state index in [9.17, 15) is 0 Å². The molecule has 2 heterocycles. The second-order valence-corrected chi connectivity index (χ2v) is 4.21. The molecule has 19 heavy (non-hydrogen) atoms. The number of H-pyrrole nitrogens is 1. The Labute approximate surface area is 110 Å². The fourth-order valence-corrected chi connectivity index (χ4v) is 1.87. The third kappa shape index (κ3) is 2.53. The zero-order valence-corrected chi connectivity index (χ0v) is 10.3. The molecular formula is C13H14N6. The van der Waals surface area contributed by atoms with Crippen molar-refractivity contribution in [2.75, 3.05) is 0 Å². The van der Waals surface area contributed by atoms with Crippen molar-refractivity contribution in [3.63, 3.8) is 0 Å². The van der Waals surface area contributed by atoms with Crippen LogP contribution in [0.25, 0.3) is 5.69 Å². The van der Waals surface area contributed by atoms with Crippen LogP contribution in [0.4, 0.5) is 0 Å². The van der Waals surface area contributed by atoms with E-state index in [0.717, 1.165) is 17.1 Å². The van der Waals surface area contributed by atoms with Crippen LogP contribution in [-0.4, -0.2) is 25.0 Å². The van der Waals surface area contributed by atoms with Gasteiger partial charge in [0.05, 0.1) is 18.4 Å². The highest BCUT2D eigenvalue weighted by Crippen LogP contribution is 2.10. The number of hydrogen-bond acceptors (Lipinski definition) is 4. The van der Waals surface area contributed by atoms with Gasteiger partial charge in [-0.15, -0.1) is 0 Å². The molecule has 0 saturated carbocycles. The lowest BCUT2D eigenvalue weighted by atomic mass is 10.2. The van der Waals surface area contributed by atoms with Crippen molar-refractivity contribution in [1.82, 2.24) is 25.0 Å². The average Bonchev–Trinajstić information content (AvgIpc) is 3.09. The van der Waals surface area contributed by atoms with Gasteiger partial charge in [0.25, 0.3) is 0 Å².